The first-order valence-corrected chi connectivity index (χ1v) is 5.54. The summed E-state index contributed by atoms with van der Waals surface area (Å²) in [5.74, 6) is 0.901. The van der Waals surface area contributed by atoms with Crippen molar-refractivity contribution in [3.05, 3.63) is 28.8 Å². The molecule has 14 heavy (non-hydrogen) atoms. The summed E-state index contributed by atoms with van der Waals surface area (Å²) in [6.07, 6.45) is 0.488. The van der Waals surface area contributed by atoms with Crippen LogP contribution in [0.4, 0.5) is 0 Å². The molecule has 76 valence electrons. The highest BCUT2D eigenvalue weighted by molar-refractivity contribution is 9.09. The van der Waals surface area contributed by atoms with Crippen LogP contribution in [0.15, 0.2) is 12.1 Å². The molecule has 0 aliphatic heterocycles. The quantitative estimate of drug-likeness (QED) is 0.782. The Morgan fingerprint density at radius 1 is 1.50 bits per heavy atom. The molecule has 1 aromatic rings. The smallest absolute Gasteiger partial charge is 0.122 e. The standard InChI is InChI=1S/C11H13BrO2/c1-6-3-8-7(5-10(6)14-2)4-9(12)11(8)13/h3,5,9,11,13H,4H2,1-2H3. The minimum atomic E-state index is -0.380. The third-order valence-electron chi connectivity index (χ3n) is 2.73. The van der Waals surface area contributed by atoms with Gasteiger partial charge in [0.1, 0.15) is 5.75 Å². The first-order valence-electron chi connectivity index (χ1n) is 4.63. The van der Waals surface area contributed by atoms with Gasteiger partial charge in [-0.25, -0.2) is 0 Å². The summed E-state index contributed by atoms with van der Waals surface area (Å²) < 4.78 is 5.24. The maximum atomic E-state index is 9.85. The van der Waals surface area contributed by atoms with Crippen molar-refractivity contribution in [3.63, 3.8) is 0 Å². The van der Waals surface area contributed by atoms with E-state index in [-0.39, 0.29) is 10.9 Å². The first-order chi connectivity index (χ1) is 6.63. The summed E-state index contributed by atoms with van der Waals surface area (Å²) in [4.78, 5) is 0.143. The van der Waals surface area contributed by atoms with Gasteiger partial charge in [0.2, 0.25) is 0 Å². The van der Waals surface area contributed by atoms with Gasteiger partial charge in [-0.1, -0.05) is 15.9 Å². The van der Waals surface area contributed by atoms with Crippen molar-refractivity contribution in [2.75, 3.05) is 7.11 Å². The van der Waals surface area contributed by atoms with Crippen LogP contribution in [0.25, 0.3) is 0 Å². The van der Waals surface area contributed by atoms with Crippen LogP contribution in [-0.4, -0.2) is 17.0 Å². The van der Waals surface area contributed by atoms with Crippen molar-refractivity contribution in [2.24, 2.45) is 0 Å². The van der Waals surface area contributed by atoms with E-state index in [1.807, 2.05) is 19.1 Å². The number of aryl methyl sites for hydroxylation is 1. The van der Waals surface area contributed by atoms with E-state index in [0.29, 0.717) is 0 Å². The number of aliphatic hydroxyl groups excluding tert-OH is 1. The van der Waals surface area contributed by atoms with E-state index in [2.05, 4.69) is 15.9 Å². The zero-order valence-electron chi connectivity index (χ0n) is 8.25. The van der Waals surface area contributed by atoms with Gasteiger partial charge in [0.05, 0.1) is 13.2 Å². The van der Waals surface area contributed by atoms with Gasteiger partial charge in [0.25, 0.3) is 0 Å². The molecule has 0 spiro atoms. The zero-order chi connectivity index (χ0) is 10.3. The third-order valence-corrected chi connectivity index (χ3v) is 3.56. The molecule has 2 rings (SSSR count). The second kappa shape index (κ2) is 3.55. The van der Waals surface area contributed by atoms with Crippen LogP contribution in [0.5, 0.6) is 5.75 Å². The highest BCUT2D eigenvalue weighted by Gasteiger charge is 2.29. The van der Waals surface area contributed by atoms with E-state index in [4.69, 9.17) is 4.74 Å². The second-order valence-electron chi connectivity index (χ2n) is 3.69. The lowest BCUT2D eigenvalue weighted by Crippen LogP contribution is -2.04. The fourth-order valence-electron chi connectivity index (χ4n) is 1.94. The molecule has 2 unspecified atom stereocenters. The van der Waals surface area contributed by atoms with E-state index in [1.165, 1.54) is 5.56 Å². The number of fused-ring (bicyclic) bond motifs is 1. The Bertz CT molecular complexity index is 363. The summed E-state index contributed by atoms with van der Waals surface area (Å²) in [5.41, 5.74) is 3.29. The molecule has 0 saturated heterocycles. The SMILES string of the molecule is COc1cc2c(cc1C)C(O)C(Br)C2. The summed E-state index contributed by atoms with van der Waals surface area (Å²) >= 11 is 3.46. The van der Waals surface area contributed by atoms with Crippen LogP contribution < -0.4 is 4.74 Å². The van der Waals surface area contributed by atoms with Gasteiger partial charge in [-0.15, -0.1) is 0 Å². The molecule has 0 saturated carbocycles. The normalized spacial score (nSPS) is 24.9. The number of hydrogen-bond acceptors (Lipinski definition) is 2. The zero-order valence-corrected chi connectivity index (χ0v) is 9.84. The van der Waals surface area contributed by atoms with Gasteiger partial charge >= 0.3 is 0 Å². The van der Waals surface area contributed by atoms with Crippen molar-refractivity contribution in [2.45, 2.75) is 24.3 Å². The fourth-order valence-corrected chi connectivity index (χ4v) is 2.57. The summed E-state index contributed by atoms with van der Waals surface area (Å²) in [6.45, 7) is 1.99. The number of methoxy groups -OCH3 is 1. The molecule has 2 atom stereocenters. The predicted octanol–water partition coefficient (Wildman–Crippen LogP) is 2.36. The minimum Gasteiger partial charge on any atom is -0.496 e. The van der Waals surface area contributed by atoms with Crippen LogP contribution in [-0.2, 0) is 6.42 Å². The van der Waals surface area contributed by atoms with Gasteiger partial charge in [-0.3, -0.25) is 0 Å². The van der Waals surface area contributed by atoms with Gasteiger partial charge in [-0.2, -0.15) is 0 Å². The molecule has 0 amide bonds. The number of benzene rings is 1. The lowest BCUT2D eigenvalue weighted by atomic mass is 10.1. The van der Waals surface area contributed by atoms with Crippen molar-refractivity contribution in [1.29, 1.82) is 0 Å². The second-order valence-corrected chi connectivity index (χ2v) is 4.86. The molecular formula is C11H13BrO2. The Kier molecular flexibility index (Phi) is 2.54. The Hall–Kier alpha value is -0.540. The van der Waals surface area contributed by atoms with Gasteiger partial charge < -0.3 is 9.84 Å². The Balaban J connectivity index is 2.49. The van der Waals surface area contributed by atoms with Gasteiger partial charge in [0.15, 0.2) is 0 Å². The Morgan fingerprint density at radius 2 is 2.21 bits per heavy atom. The maximum Gasteiger partial charge on any atom is 0.122 e. The molecule has 0 bridgehead atoms. The highest BCUT2D eigenvalue weighted by atomic mass is 79.9. The van der Waals surface area contributed by atoms with Crippen LogP contribution in [0, 0.1) is 6.92 Å². The number of alkyl halides is 1. The molecule has 1 N–H and O–H groups in total. The van der Waals surface area contributed by atoms with E-state index in [9.17, 15) is 5.11 Å². The first kappa shape index (κ1) is 9.99. The van der Waals surface area contributed by atoms with E-state index >= 15 is 0 Å². The van der Waals surface area contributed by atoms with Crippen LogP contribution >= 0.6 is 15.9 Å². The van der Waals surface area contributed by atoms with Crippen molar-refractivity contribution < 1.29 is 9.84 Å². The van der Waals surface area contributed by atoms with Crippen molar-refractivity contribution in [3.8, 4) is 5.75 Å². The molecule has 0 heterocycles. The molecule has 1 aromatic carbocycles. The molecule has 1 aliphatic carbocycles. The monoisotopic (exact) mass is 256 g/mol. The summed E-state index contributed by atoms with van der Waals surface area (Å²) in [6, 6.07) is 4.04. The van der Waals surface area contributed by atoms with Gasteiger partial charge in [-0.05, 0) is 42.2 Å². The summed E-state index contributed by atoms with van der Waals surface area (Å²) in [7, 11) is 1.67. The van der Waals surface area contributed by atoms with E-state index < -0.39 is 0 Å². The number of ether oxygens (including phenoxy) is 1. The molecule has 3 heteroatoms. The lowest BCUT2D eigenvalue weighted by Gasteiger charge is -2.10. The maximum absolute atomic E-state index is 9.85. The molecule has 0 fully saturated rings. The number of aliphatic hydroxyl groups is 1. The van der Waals surface area contributed by atoms with Gasteiger partial charge in [0, 0.05) is 4.83 Å². The molecule has 2 nitrogen and oxygen atoms in total. The average Bonchev–Trinajstić information content (AvgIpc) is 2.43. The van der Waals surface area contributed by atoms with Crippen LogP contribution in [0.3, 0.4) is 0 Å². The Labute approximate surface area is 92.0 Å². The van der Waals surface area contributed by atoms with Crippen molar-refractivity contribution >= 4 is 15.9 Å². The van der Waals surface area contributed by atoms with E-state index in [1.54, 1.807) is 7.11 Å². The predicted molar refractivity (Wildman–Crippen MR) is 59.1 cm³/mol. The van der Waals surface area contributed by atoms with E-state index in [0.717, 1.165) is 23.3 Å². The number of hydrogen-bond donors (Lipinski definition) is 1. The van der Waals surface area contributed by atoms with Crippen LogP contribution in [0.2, 0.25) is 0 Å². The van der Waals surface area contributed by atoms with Crippen molar-refractivity contribution in [1.82, 2.24) is 0 Å². The molecule has 0 radical (unpaired) electrons. The van der Waals surface area contributed by atoms with Crippen LogP contribution in [0.1, 0.15) is 22.8 Å². The molecule has 0 aromatic heterocycles. The molecule has 1 aliphatic rings. The lowest BCUT2D eigenvalue weighted by molar-refractivity contribution is 0.187. The third kappa shape index (κ3) is 1.44. The fraction of sp³-hybridized carbons (Fsp3) is 0.455. The average molecular weight is 257 g/mol. The topological polar surface area (TPSA) is 29.5 Å². The molecular weight excluding hydrogens is 244 g/mol. The number of halogens is 1. The summed E-state index contributed by atoms with van der Waals surface area (Å²) in [5, 5.41) is 9.85. The minimum absolute atomic E-state index is 0.143. The highest BCUT2D eigenvalue weighted by Crippen LogP contribution is 2.38. The Morgan fingerprint density at radius 3 is 2.86 bits per heavy atom. The number of rotatable bonds is 1. The largest absolute Gasteiger partial charge is 0.496 e.